The fraction of sp³-hybridized carbons (Fsp3) is 0.615. The van der Waals surface area contributed by atoms with E-state index >= 15 is 0 Å². The van der Waals surface area contributed by atoms with Gasteiger partial charge in [0.15, 0.2) is 0 Å². The predicted molar refractivity (Wildman–Crippen MR) is 76.1 cm³/mol. The molecule has 1 amide bonds. The minimum atomic E-state index is 0.104. The lowest BCUT2D eigenvalue weighted by molar-refractivity contribution is 0.0932. The maximum absolute atomic E-state index is 12.0. The minimum absolute atomic E-state index is 0.104. The summed E-state index contributed by atoms with van der Waals surface area (Å²) in [6, 6.07) is 4.35. The highest BCUT2D eigenvalue weighted by Gasteiger charge is 2.21. The largest absolute Gasteiger partial charge is 0.349 e. The van der Waals surface area contributed by atoms with Crippen molar-refractivity contribution in [2.24, 2.45) is 0 Å². The summed E-state index contributed by atoms with van der Waals surface area (Å²) < 4.78 is 0. The first-order valence-electron chi connectivity index (χ1n) is 6.22. The van der Waals surface area contributed by atoms with Gasteiger partial charge in [0.2, 0.25) is 0 Å². The second-order valence-electron chi connectivity index (χ2n) is 4.54. The normalized spacial score (nSPS) is 24.6. The molecule has 1 heterocycles. The molecule has 0 atom stereocenters. The third kappa shape index (κ3) is 3.55. The molecule has 1 aliphatic rings. The molecule has 2 rings (SSSR count). The molecule has 1 aromatic heterocycles. The highest BCUT2D eigenvalue weighted by atomic mass is 79.9. The van der Waals surface area contributed by atoms with Crippen LogP contribution in [-0.2, 0) is 6.42 Å². The molecule has 0 unspecified atom stereocenters. The Morgan fingerprint density at radius 3 is 2.71 bits per heavy atom. The molecule has 0 aromatic carbocycles. The molecule has 0 aliphatic heterocycles. The van der Waals surface area contributed by atoms with Crippen LogP contribution < -0.4 is 5.32 Å². The molecule has 2 nitrogen and oxygen atoms in total. The molecular formula is C13H18BrNOS. The molecule has 17 heavy (non-hydrogen) atoms. The van der Waals surface area contributed by atoms with Gasteiger partial charge in [-0.05, 0) is 44.2 Å². The zero-order chi connectivity index (χ0) is 12.3. The third-order valence-corrected chi connectivity index (χ3v) is 5.37. The summed E-state index contributed by atoms with van der Waals surface area (Å²) in [7, 11) is 0. The van der Waals surface area contributed by atoms with E-state index in [9.17, 15) is 4.79 Å². The van der Waals surface area contributed by atoms with E-state index in [2.05, 4.69) is 34.2 Å². The Hall–Kier alpha value is -0.350. The van der Waals surface area contributed by atoms with Crippen molar-refractivity contribution in [3.8, 4) is 0 Å². The van der Waals surface area contributed by atoms with Crippen LogP contribution in [0.25, 0.3) is 0 Å². The molecule has 1 aromatic rings. The van der Waals surface area contributed by atoms with Gasteiger partial charge in [-0.1, -0.05) is 22.9 Å². The van der Waals surface area contributed by atoms with E-state index in [1.54, 1.807) is 11.3 Å². The monoisotopic (exact) mass is 315 g/mol. The van der Waals surface area contributed by atoms with Gasteiger partial charge in [-0.15, -0.1) is 11.3 Å². The Morgan fingerprint density at radius 1 is 1.41 bits per heavy atom. The fourth-order valence-corrected chi connectivity index (χ4v) is 3.52. The minimum Gasteiger partial charge on any atom is -0.349 e. The maximum Gasteiger partial charge on any atom is 0.261 e. The summed E-state index contributed by atoms with van der Waals surface area (Å²) in [6.45, 7) is 2.12. The van der Waals surface area contributed by atoms with Crippen molar-refractivity contribution in [2.45, 2.75) is 49.9 Å². The Balaban J connectivity index is 1.88. The summed E-state index contributed by atoms with van der Waals surface area (Å²) in [5.41, 5.74) is 0. The van der Waals surface area contributed by atoms with Gasteiger partial charge in [-0.3, -0.25) is 4.79 Å². The summed E-state index contributed by atoms with van der Waals surface area (Å²) in [5, 5.41) is 3.14. The Bertz CT molecular complexity index is 383. The van der Waals surface area contributed by atoms with Crippen LogP contribution in [0.3, 0.4) is 0 Å². The van der Waals surface area contributed by atoms with Crippen LogP contribution in [0.2, 0.25) is 0 Å². The number of aryl methyl sites for hydroxylation is 1. The summed E-state index contributed by atoms with van der Waals surface area (Å²) in [5.74, 6) is 0.104. The number of halogens is 1. The number of thiophene rings is 1. The van der Waals surface area contributed by atoms with Gasteiger partial charge < -0.3 is 5.32 Å². The van der Waals surface area contributed by atoms with E-state index in [4.69, 9.17) is 0 Å². The van der Waals surface area contributed by atoms with Crippen molar-refractivity contribution >= 4 is 33.2 Å². The number of carbonyl (C=O) groups excluding carboxylic acids is 1. The Morgan fingerprint density at radius 2 is 2.12 bits per heavy atom. The Kier molecular flexibility index (Phi) is 4.62. The van der Waals surface area contributed by atoms with E-state index in [1.165, 1.54) is 4.88 Å². The lowest BCUT2D eigenvalue weighted by Crippen LogP contribution is -2.37. The van der Waals surface area contributed by atoms with Gasteiger partial charge >= 0.3 is 0 Å². The molecule has 1 fully saturated rings. The van der Waals surface area contributed by atoms with E-state index in [0.29, 0.717) is 10.9 Å². The SMILES string of the molecule is CCc1ccc(C(=O)NC2CCC(Br)CC2)s1. The lowest BCUT2D eigenvalue weighted by atomic mass is 9.95. The zero-order valence-electron chi connectivity index (χ0n) is 10.0. The van der Waals surface area contributed by atoms with Gasteiger partial charge in [0, 0.05) is 15.7 Å². The van der Waals surface area contributed by atoms with Gasteiger partial charge in [-0.2, -0.15) is 0 Å². The van der Waals surface area contributed by atoms with Crippen molar-refractivity contribution in [1.82, 2.24) is 5.32 Å². The van der Waals surface area contributed by atoms with Crippen molar-refractivity contribution < 1.29 is 4.79 Å². The summed E-state index contributed by atoms with van der Waals surface area (Å²) in [6.07, 6.45) is 5.51. The third-order valence-electron chi connectivity index (χ3n) is 3.23. The second kappa shape index (κ2) is 6.01. The first-order valence-corrected chi connectivity index (χ1v) is 7.96. The molecule has 1 aliphatic carbocycles. The molecule has 0 bridgehead atoms. The second-order valence-corrected chi connectivity index (χ2v) is 7.01. The zero-order valence-corrected chi connectivity index (χ0v) is 12.4. The van der Waals surface area contributed by atoms with Crippen LogP contribution in [0.4, 0.5) is 0 Å². The van der Waals surface area contributed by atoms with Gasteiger partial charge in [-0.25, -0.2) is 0 Å². The summed E-state index contributed by atoms with van der Waals surface area (Å²) in [4.78, 5) is 14.8. The molecular weight excluding hydrogens is 298 g/mol. The van der Waals surface area contributed by atoms with Crippen LogP contribution >= 0.6 is 27.3 Å². The van der Waals surface area contributed by atoms with Crippen LogP contribution in [0.15, 0.2) is 12.1 Å². The van der Waals surface area contributed by atoms with Crippen molar-refractivity contribution in [2.75, 3.05) is 0 Å². The topological polar surface area (TPSA) is 29.1 Å². The highest BCUT2D eigenvalue weighted by molar-refractivity contribution is 9.09. The van der Waals surface area contributed by atoms with Gasteiger partial charge in [0.1, 0.15) is 0 Å². The van der Waals surface area contributed by atoms with Crippen molar-refractivity contribution in [3.63, 3.8) is 0 Å². The molecule has 0 saturated heterocycles. The van der Waals surface area contributed by atoms with E-state index < -0.39 is 0 Å². The number of alkyl halides is 1. The van der Waals surface area contributed by atoms with E-state index in [1.807, 2.05) is 6.07 Å². The smallest absolute Gasteiger partial charge is 0.261 e. The number of hydrogen-bond donors (Lipinski definition) is 1. The van der Waals surface area contributed by atoms with Crippen LogP contribution in [0, 0.1) is 0 Å². The number of carbonyl (C=O) groups is 1. The first-order chi connectivity index (χ1) is 8.19. The molecule has 0 radical (unpaired) electrons. The number of nitrogens with one attached hydrogen (secondary N) is 1. The predicted octanol–water partition coefficient (Wildman–Crippen LogP) is 3.75. The number of amides is 1. The average Bonchev–Trinajstić information content (AvgIpc) is 2.81. The average molecular weight is 316 g/mol. The van der Waals surface area contributed by atoms with Crippen molar-refractivity contribution in [1.29, 1.82) is 0 Å². The molecule has 1 saturated carbocycles. The molecule has 94 valence electrons. The van der Waals surface area contributed by atoms with Crippen molar-refractivity contribution in [3.05, 3.63) is 21.9 Å². The van der Waals surface area contributed by atoms with Crippen LogP contribution in [0.1, 0.15) is 47.2 Å². The van der Waals surface area contributed by atoms with E-state index in [0.717, 1.165) is 37.0 Å². The van der Waals surface area contributed by atoms with Gasteiger partial charge in [0.05, 0.1) is 4.88 Å². The standard InChI is InChI=1S/C13H18BrNOS/c1-2-11-7-8-12(17-11)13(16)15-10-5-3-9(14)4-6-10/h7-10H,2-6H2,1H3,(H,15,16). The summed E-state index contributed by atoms with van der Waals surface area (Å²) >= 11 is 5.24. The lowest BCUT2D eigenvalue weighted by Gasteiger charge is -2.25. The highest BCUT2D eigenvalue weighted by Crippen LogP contribution is 2.25. The first kappa shape index (κ1) is 13.1. The molecule has 1 N–H and O–H groups in total. The van der Waals surface area contributed by atoms with Crippen LogP contribution in [-0.4, -0.2) is 16.8 Å². The van der Waals surface area contributed by atoms with Gasteiger partial charge in [0.25, 0.3) is 5.91 Å². The van der Waals surface area contributed by atoms with E-state index in [-0.39, 0.29) is 5.91 Å². The Labute approximate surface area is 115 Å². The number of hydrogen-bond acceptors (Lipinski definition) is 2. The van der Waals surface area contributed by atoms with Crippen LogP contribution in [0.5, 0.6) is 0 Å². The fourth-order valence-electron chi connectivity index (χ4n) is 2.14. The quantitative estimate of drug-likeness (QED) is 0.846. The maximum atomic E-state index is 12.0. The molecule has 4 heteroatoms. The molecule has 0 spiro atoms. The number of rotatable bonds is 3.